The molecule has 1 aliphatic heterocycles. The lowest BCUT2D eigenvalue weighted by Gasteiger charge is -2.29. The molecule has 0 bridgehead atoms. The first-order valence-electron chi connectivity index (χ1n) is 8.31. The molecule has 3 heteroatoms. The molecule has 2 aliphatic rings. The highest BCUT2D eigenvalue weighted by Crippen LogP contribution is 2.40. The van der Waals surface area contributed by atoms with Crippen molar-refractivity contribution in [3.05, 3.63) is 53.9 Å². The van der Waals surface area contributed by atoms with Crippen LogP contribution in [0.3, 0.4) is 0 Å². The van der Waals surface area contributed by atoms with Crippen LogP contribution in [0.1, 0.15) is 36.4 Å². The molecule has 1 unspecified atom stereocenters. The lowest BCUT2D eigenvalue weighted by Crippen LogP contribution is -2.30. The molecule has 1 aromatic carbocycles. The third-order valence-corrected chi connectivity index (χ3v) is 4.99. The van der Waals surface area contributed by atoms with Gasteiger partial charge in [0.25, 0.3) is 0 Å². The van der Waals surface area contributed by atoms with Crippen molar-refractivity contribution in [3.63, 3.8) is 0 Å². The lowest BCUT2D eigenvalue weighted by atomic mass is 9.90. The van der Waals surface area contributed by atoms with E-state index in [1.54, 1.807) is 0 Å². The van der Waals surface area contributed by atoms with Crippen molar-refractivity contribution in [3.8, 4) is 0 Å². The van der Waals surface area contributed by atoms with Crippen LogP contribution in [0.4, 0.5) is 11.4 Å². The van der Waals surface area contributed by atoms with E-state index < -0.39 is 0 Å². The molecule has 0 spiro atoms. The molecule has 1 fully saturated rings. The topological polar surface area (TPSA) is 28.2 Å². The smallest absolute Gasteiger partial charge is 0.0438 e. The molecule has 0 radical (unpaired) electrons. The van der Waals surface area contributed by atoms with Gasteiger partial charge in [-0.2, -0.15) is 0 Å². The normalized spacial score (nSPS) is 20.5. The summed E-state index contributed by atoms with van der Waals surface area (Å²) >= 11 is 0. The number of pyridine rings is 1. The van der Waals surface area contributed by atoms with E-state index in [0.29, 0.717) is 6.04 Å². The van der Waals surface area contributed by atoms with E-state index in [4.69, 9.17) is 0 Å². The van der Waals surface area contributed by atoms with Crippen molar-refractivity contribution in [2.45, 2.75) is 31.7 Å². The van der Waals surface area contributed by atoms with Gasteiger partial charge in [0.2, 0.25) is 0 Å². The highest BCUT2D eigenvalue weighted by atomic mass is 15.1. The Morgan fingerprint density at radius 3 is 2.73 bits per heavy atom. The van der Waals surface area contributed by atoms with E-state index in [-0.39, 0.29) is 0 Å². The highest BCUT2D eigenvalue weighted by molar-refractivity contribution is 5.63. The molecule has 114 valence electrons. The van der Waals surface area contributed by atoms with Gasteiger partial charge in [-0.1, -0.05) is 18.9 Å². The molecule has 1 N–H and O–H groups in total. The number of rotatable bonds is 4. The second kappa shape index (κ2) is 5.73. The van der Waals surface area contributed by atoms with Crippen molar-refractivity contribution < 1.29 is 0 Å². The van der Waals surface area contributed by atoms with Gasteiger partial charge in [0.05, 0.1) is 0 Å². The van der Waals surface area contributed by atoms with Gasteiger partial charge in [0, 0.05) is 36.9 Å². The number of hydrogen-bond acceptors (Lipinski definition) is 3. The molecular weight excluding hydrogens is 270 g/mol. The third-order valence-electron chi connectivity index (χ3n) is 4.99. The number of benzene rings is 1. The minimum Gasteiger partial charge on any atom is -0.345 e. The van der Waals surface area contributed by atoms with Gasteiger partial charge >= 0.3 is 0 Å². The van der Waals surface area contributed by atoms with Crippen LogP contribution < -0.4 is 10.2 Å². The fraction of sp³-hybridized carbons (Fsp3) is 0.421. The van der Waals surface area contributed by atoms with Gasteiger partial charge < -0.3 is 10.2 Å². The molecule has 0 amide bonds. The summed E-state index contributed by atoms with van der Waals surface area (Å²) in [5.74, 6) is 0.949. The summed E-state index contributed by atoms with van der Waals surface area (Å²) in [6.07, 6.45) is 8.99. The van der Waals surface area contributed by atoms with E-state index in [2.05, 4.69) is 52.6 Å². The molecule has 0 saturated heterocycles. The number of aromatic nitrogens is 1. The summed E-state index contributed by atoms with van der Waals surface area (Å²) in [6, 6.07) is 11.6. The summed E-state index contributed by atoms with van der Waals surface area (Å²) in [6.45, 7) is 1.12. The van der Waals surface area contributed by atoms with E-state index in [1.807, 2.05) is 12.4 Å². The number of hydrogen-bond donors (Lipinski definition) is 1. The Morgan fingerprint density at radius 2 is 1.95 bits per heavy atom. The van der Waals surface area contributed by atoms with Crippen LogP contribution >= 0.6 is 0 Å². The number of anilines is 2. The third kappa shape index (κ3) is 2.73. The van der Waals surface area contributed by atoms with Crippen LogP contribution in [-0.4, -0.2) is 18.6 Å². The van der Waals surface area contributed by atoms with Gasteiger partial charge in [-0.15, -0.1) is 0 Å². The minimum atomic E-state index is 0.544. The largest absolute Gasteiger partial charge is 0.345 e. The Balaban J connectivity index is 1.64. The number of nitrogens with one attached hydrogen (secondary N) is 1. The molecule has 1 aliphatic carbocycles. The first-order chi connectivity index (χ1) is 10.8. The molecule has 1 saturated carbocycles. The average Bonchev–Trinajstić information content (AvgIpc) is 3.39. The predicted molar refractivity (Wildman–Crippen MR) is 90.5 cm³/mol. The Hall–Kier alpha value is -1.87. The maximum absolute atomic E-state index is 4.11. The molecule has 3 nitrogen and oxygen atoms in total. The molecule has 1 aromatic heterocycles. The first kappa shape index (κ1) is 13.8. The minimum absolute atomic E-state index is 0.544. The Kier molecular flexibility index (Phi) is 3.59. The van der Waals surface area contributed by atoms with Crippen LogP contribution in [0.2, 0.25) is 0 Å². The molecular formula is C19H23N3. The van der Waals surface area contributed by atoms with Gasteiger partial charge in [-0.05, 0) is 60.7 Å². The van der Waals surface area contributed by atoms with Gasteiger partial charge in [-0.25, -0.2) is 0 Å². The van der Waals surface area contributed by atoms with Crippen LogP contribution in [-0.2, 0) is 6.42 Å². The zero-order valence-electron chi connectivity index (χ0n) is 13.1. The zero-order valence-corrected chi connectivity index (χ0v) is 13.1. The summed E-state index contributed by atoms with van der Waals surface area (Å²) in [5.41, 5.74) is 5.47. The molecule has 2 heterocycles. The quantitative estimate of drug-likeness (QED) is 0.928. The summed E-state index contributed by atoms with van der Waals surface area (Å²) < 4.78 is 0. The lowest BCUT2D eigenvalue weighted by molar-refractivity contribution is 0.453. The summed E-state index contributed by atoms with van der Waals surface area (Å²) in [7, 11) is 2.13. The number of nitrogens with zero attached hydrogens (tertiary/aromatic N) is 2. The van der Waals surface area contributed by atoms with Gasteiger partial charge in [0.1, 0.15) is 0 Å². The SMILES string of the molecule is CN(c1ccncc1)c1ccc2c(c1)C(CC1CC1)NCC2. The second-order valence-electron chi connectivity index (χ2n) is 6.58. The molecule has 1 atom stereocenters. The summed E-state index contributed by atoms with van der Waals surface area (Å²) in [4.78, 5) is 6.35. The zero-order chi connectivity index (χ0) is 14.9. The predicted octanol–water partition coefficient (Wildman–Crippen LogP) is 3.84. The second-order valence-corrected chi connectivity index (χ2v) is 6.58. The fourth-order valence-electron chi connectivity index (χ4n) is 3.45. The Morgan fingerprint density at radius 1 is 1.14 bits per heavy atom. The fourth-order valence-corrected chi connectivity index (χ4v) is 3.45. The maximum Gasteiger partial charge on any atom is 0.0438 e. The van der Waals surface area contributed by atoms with Gasteiger partial charge in [-0.3, -0.25) is 4.98 Å². The van der Waals surface area contributed by atoms with Crippen molar-refractivity contribution >= 4 is 11.4 Å². The van der Waals surface area contributed by atoms with Crippen molar-refractivity contribution in [2.24, 2.45) is 5.92 Å². The van der Waals surface area contributed by atoms with Gasteiger partial charge in [0.15, 0.2) is 0 Å². The van der Waals surface area contributed by atoms with E-state index in [0.717, 1.165) is 18.9 Å². The average molecular weight is 293 g/mol. The van der Waals surface area contributed by atoms with Crippen LogP contribution in [0.25, 0.3) is 0 Å². The standard InChI is InChI=1S/C19H23N3/c1-22(16-7-9-20-10-8-16)17-5-4-15-6-11-21-19(18(15)13-17)12-14-2-3-14/h4-5,7-10,13-14,19,21H,2-3,6,11-12H2,1H3. The van der Waals surface area contributed by atoms with Crippen LogP contribution in [0, 0.1) is 5.92 Å². The highest BCUT2D eigenvalue weighted by Gasteiger charge is 2.29. The summed E-state index contributed by atoms with van der Waals surface area (Å²) in [5, 5.41) is 3.72. The van der Waals surface area contributed by atoms with Crippen molar-refractivity contribution in [1.82, 2.24) is 10.3 Å². The van der Waals surface area contributed by atoms with Crippen molar-refractivity contribution in [2.75, 3.05) is 18.5 Å². The first-order valence-corrected chi connectivity index (χ1v) is 8.31. The van der Waals surface area contributed by atoms with E-state index in [9.17, 15) is 0 Å². The molecule has 4 rings (SSSR count). The monoisotopic (exact) mass is 293 g/mol. The van der Waals surface area contributed by atoms with Crippen molar-refractivity contribution in [1.29, 1.82) is 0 Å². The van der Waals surface area contributed by atoms with Crippen LogP contribution in [0.5, 0.6) is 0 Å². The Labute approximate surface area is 132 Å². The van der Waals surface area contributed by atoms with E-state index in [1.165, 1.54) is 41.8 Å². The molecule has 22 heavy (non-hydrogen) atoms. The Bertz CT molecular complexity index is 649. The van der Waals surface area contributed by atoms with E-state index >= 15 is 0 Å². The maximum atomic E-state index is 4.11. The van der Waals surface area contributed by atoms with Crippen LogP contribution in [0.15, 0.2) is 42.7 Å². The molecule has 2 aromatic rings. The number of fused-ring (bicyclic) bond motifs is 1.